The van der Waals surface area contributed by atoms with Crippen molar-refractivity contribution in [2.24, 2.45) is 4.99 Å². The number of hydrogen-bond donors (Lipinski definition) is 1. The number of pyridine rings is 1. The number of H-pyrrole nitrogens is 1. The van der Waals surface area contributed by atoms with Crippen LogP contribution < -0.4 is 0 Å². The number of nitrogens with one attached hydrogen (secondary N) is 1. The molecule has 0 aliphatic carbocycles. The maximum Gasteiger partial charge on any atom is 0.267 e. The van der Waals surface area contributed by atoms with E-state index in [1.54, 1.807) is 23.4 Å². The second kappa shape index (κ2) is 6.44. The lowest BCUT2D eigenvalue weighted by molar-refractivity contribution is -0.121. The Morgan fingerprint density at radius 3 is 3.00 bits per heavy atom. The maximum atomic E-state index is 12.5. The highest BCUT2D eigenvalue weighted by molar-refractivity contribution is 8.18. The Morgan fingerprint density at radius 1 is 1.41 bits per heavy atom. The number of amides is 1. The highest BCUT2D eigenvalue weighted by atomic mass is 32.2. The summed E-state index contributed by atoms with van der Waals surface area (Å²) in [5.74, 6) is -0.0675. The van der Waals surface area contributed by atoms with Crippen LogP contribution in [0.15, 0.2) is 65.4 Å². The fourth-order valence-corrected chi connectivity index (χ4v) is 2.99. The third-order valence-electron chi connectivity index (χ3n) is 2.98. The van der Waals surface area contributed by atoms with E-state index in [1.165, 1.54) is 11.8 Å². The van der Waals surface area contributed by atoms with Gasteiger partial charge in [0, 0.05) is 24.6 Å². The normalized spacial score (nSPS) is 18.4. The van der Waals surface area contributed by atoms with E-state index >= 15 is 0 Å². The quantitative estimate of drug-likeness (QED) is 0.697. The fraction of sp³-hybridized carbons (Fsp3) is 0.0625. The predicted molar refractivity (Wildman–Crippen MR) is 89.6 cm³/mol. The van der Waals surface area contributed by atoms with Crippen molar-refractivity contribution in [3.63, 3.8) is 0 Å². The fourth-order valence-electron chi connectivity index (χ4n) is 1.99. The van der Waals surface area contributed by atoms with Crippen LogP contribution in [0.5, 0.6) is 0 Å². The Hall–Kier alpha value is -2.60. The first-order valence-electron chi connectivity index (χ1n) is 6.72. The molecule has 3 rings (SSSR count). The van der Waals surface area contributed by atoms with E-state index in [4.69, 9.17) is 0 Å². The molecule has 1 amide bonds. The summed E-state index contributed by atoms with van der Waals surface area (Å²) in [5.41, 5.74) is 1.60. The van der Waals surface area contributed by atoms with Crippen molar-refractivity contribution >= 4 is 34.6 Å². The predicted octanol–water partition coefficient (Wildman–Crippen LogP) is 3.20. The van der Waals surface area contributed by atoms with Crippen molar-refractivity contribution < 1.29 is 4.79 Å². The molecular formula is C16H14N4OS. The number of hydrogen-bond acceptors (Lipinski definition) is 4. The van der Waals surface area contributed by atoms with E-state index in [1.807, 2.05) is 36.5 Å². The Balaban J connectivity index is 1.94. The number of aromatic amines is 1. The van der Waals surface area contributed by atoms with Crippen molar-refractivity contribution in [2.75, 3.05) is 6.54 Å². The third-order valence-corrected chi connectivity index (χ3v) is 3.99. The second-order valence-electron chi connectivity index (χ2n) is 4.55. The van der Waals surface area contributed by atoms with Crippen molar-refractivity contribution in [3.05, 3.63) is 66.1 Å². The van der Waals surface area contributed by atoms with Crippen LogP contribution in [-0.4, -0.2) is 32.5 Å². The number of carbonyl (C=O) groups is 1. The molecule has 0 radical (unpaired) electrons. The SMILES string of the molecule is C=CCN1C(=O)/C(=C\c2ccc[nH]2)SC1=Nc1cccnc1. The molecule has 110 valence electrons. The molecule has 1 aliphatic rings. The van der Waals surface area contributed by atoms with Crippen molar-refractivity contribution in [2.45, 2.75) is 0 Å². The summed E-state index contributed by atoms with van der Waals surface area (Å²) in [6.45, 7) is 4.13. The molecule has 0 saturated carbocycles. The Labute approximate surface area is 132 Å². The van der Waals surface area contributed by atoms with Crippen LogP contribution in [-0.2, 0) is 4.79 Å². The molecule has 0 spiro atoms. The summed E-state index contributed by atoms with van der Waals surface area (Å²) in [4.78, 5) is 26.4. The first kappa shape index (κ1) is 14.3. The molecule has 1 N–H and O–H groups in total. The lowest BCUT2D eigenvalue weighted by atomic mass is 10.3. The molecule has 0 atom stereocenters. The van der Waals surface area contributed by atoms with Crippen LogP contribution in [0.2, 0.25) is 0 Å². The van der Waals surface area contributed by atoms with Gasteiger partial charge in [0.25, 0.3) is 5.91 Å². The average molecular weight is 310 g/mol. The van der Waals surface area contributed by atoms with Gasteiger partial charge in [0.2, 0.25) is 0 Å². The van der Waals surface area contributed by atoms with Gasteiger partial charge in [-0.2, -0.15) is 0 Å². The number of thioether (sulfide) groups is 1. The molecule has 2 aromatic heterocycles. The number of aromatic nitrogens is 2. The third kappa shape index (κ3) is 3.01. The molecule has 1 saturated heterocycles. The topological polar surface area (TPSA) is 61.4 Å². The zero-order valence-corrected chi connectivity index (χ0v) is 12.6. The van der Waals surface area contributed by atoms with E-state index in [0.717, 1.165) is 5.69 Å². The number of carbonyl (C=O) groups excluding carboxylic acids is 1. The minimum atomic E-state index is -0.0675. The molecule has 0 unspecified atom stereocenters. The van der Waals surface area contributed by atoms with E-state index in [0.29, 0.717) is 22.3 Å². The zero-order chi connectivity index (χ0) is 15.4. The molecule has 22 heavy (non-hydrogen) atoms. The first-order chi connectivity index (χ1) is 10.8. The van der Waals surface area contributed by atoms with Gasteiger partial charge in [-0.05, 0) is 42.1 Å². The van der Waals surface area contributed by atoms with Crippen LogP contribution in [0.3, 0.4) is 0 Å². The molecule has 0 bridgehead atoms. The number of nitrogens with zero attached hydrogens (tertiary/aromatic N) is 3. The van der Waals surface area contributed by atoms with E-state index < -0.39 is 0 Å². The smallest absolute Gasteiger partial charge is 0.267 e. The summed E-state index contributed by atoms with van der Waals surface area (Å²) >= 11 is 1.35. The van der Waals surface area contributed by atoms with E-state index in [2.05, 4.69) is 21.5 Å². The van der Waals surface area contributed by atoms with Crippen LogP contribution in [0.25, 0.3) is 6.08 Å². The van der Waals surface area contributed by atoms with Gasteiger partial charge < -0.3 is 4.98 Å². The van der Waals surface area contributed by atoms with Gasteiger partial charge in [-0.15, -0.1) is 6.58 Å². The maximum absolute atomic E-state index is 12.5. The minimum absolute atomic E-state index is 0.0675. The lowest BCUT2D eigenvalue weighted by Crippen LogP contribution is -2.29. The summed E-state index contributed by atoms with van der Waals surface area (Å²) in [6.07, 6.45) is 8.69. The number of aliphatic imine (C=N–C) groups is 1. The minimum Gasteiger partial charge on any atom is -0.362 e. The van der Waals surface area contributed by atoms with Gasteiger partial charge in [-0.3, -0.25) is 14.7 Å². The summed E-state index contributed by atoms with van der Waals surface area (Å²) in [7, 11) is 0. The lowest BCUT2D eigenvalue weighted by Gasteiger charge is -2.12. The van der Waals surface area contributed by atoms with Crippen LogP contribution in [0, 0.1) is 0 Å². The van der Waals surface area contributed by atoms with Gasteiger partial charge in [0.05, 0.1) is 16.8 Å². The summed E-state index contributed by atoms with van der Waals surface area (Å²) < 4.78 is 0. The van der Waals surface area contributed by atoms with E-state index in [9.17, 15) is 4.79 Å². The van der Waals surface area contributed by atoms with Crippen molar-refractivity contribution in [3.8, 4) is 0 Å². The Morgan fingerprint density at radius 2 is 2.32 bits per heavy atom. The second-order valence-corrected chi connectivity index (χ2v) is 5.56. The number of amidine groups is 1. The largest absolute Gasteiger partial charge is 0.362 e. The molecular weight excluding hydrogens is 296 g/mol. The first-order valence-corrected chi connectivity index (χ1v) is 7.54. The zero-order valence-electron chi connectivity index (χ0n) is 11.8. The van der Waals surface area contributed by atoms with Gasteiger partial charge in [-0.25, -0.2) is 4.99 Å². The summed E-state index contributed by atoms with van der Waals surface area (Å²) in [6, 6.07) is 7.47. The van der Waals surface area contributed by atoms with Crippen LogP contribution >= 0.6 is 11.8 Å². The van der Waals surface area contributed by atoms with Crippen LogP contribution in [0.4, 0.5) is 5.69 Å². The highest BCUT2D eigenvalue weighted by Gasteiger charge is 2.32. The van der Waals surface area contributed by atoms with Crippen LogP contribution in [0.1, 0.15) is 5.69 Å². The summed E-state index contributed by atoms with van der Waals surface area (Å²) in [5, 5.41) is 0.635. The highest BCUT2D eigenvalue weighted by Crippen LogP contribution is 2.33. The van der Waals surface area contributed by atoms with Crippen molar-refractivity contribution in [1.29, 1.82) is 0 Å². The van der Waals surface area contributed by atoms with Gasteiger partial charge >= 0.3 is 0 Å². The standard InChI is InChI=1S/C16H14N4OS/c1-2-9-20-15(21)14(10-12-5-4-8-18-12)22-16(20)19-13-6-3-7-17-11-13/h2-8,10-11,18H,1,9H2/b14-10+,19-16?. The Bertz CT molecular complexity index is 735. The van der Waals surface area contributed by atoms with Gasteiger partial charge in [0.15, 0.2) is 5.17 Å². The molecule has 5 nitrogen and oxygen atoms in total. The Kier molecular flexibility index (Phi) is 4.20. The molecule has 1 fully saturated rings. The van der Waals surface area contributed by atoms with Gasteiger partial charge in [-0.1, -0.05) is 6.08 Å². The molecule has 2 aromatic rings. The van der Waals surface area contributed by atoms with E-state index in [-0.39, 0.29) is 5.91 Å². The molecule has 1 aliphatic heterocycles. The molecule has 6 heteroatoms. The average Bonchev–Trinajstić information content (AvgIpc) is 3.13. The van der Waals surface area contributed by atoms with Gasteiger partial charge in [0.1, 0.15) is 0 Å². The molecule has 3 heterocycles. The number of rotatable bonds is 4. The van der Waals surface area contributed by atoms with Crippen molar-refractivity contribution in [1.82, 2.24) is 14.9 Å². The molecule has 0 aromatic carbocycles. The monoisotopic (exact) mass is 310 g/mol.